The minimum atomic E-state index is 0.229. The maximum atomic E-state index is 8.38. The van der Waals surface area contributed by atoms with E-state index >= 15 is 0 Å². The molecule has 0 spiro atoms. The van der Waals surface area contributed by atoms with Crippen molar-refractivity contribution in [2.75, 3.05) is 63.5 Å². The highest BCUT2D eigenvalue weighted by Crippen LogP contribution is 2.30. The zero-order valence-electron chi connectivity index (χ0n) is 22.3. The quantitative estimate of drug-likeness (QED) is 0.0707. The highest BCUT2D eigenvalue weighted by atomic mass is 33.1. The van der Waals surface area contributed by atoms with Gasteiger partial charge in [0.2, 0.25) is 0 Å². The van der Waals surface area contributed by atoms with Gasteiger partial charge in [-0.25, -0.2) is 9.97 Å². The molecule has 11 heteroatoms. The van der Waals surface area contributed by atoms with Gasteiger partial charge in [0.25, 0.3) is 0 Å². The van der Waals surface area contributed by atoms with E-state index in [1.807, 2.05) is 70.4 Å². The molecular weight excluding hydrogens is 577 g/mol. The van der Waals surface area contributed by atoms with Crippen molar-refractivity contribution >= 4 is 55.8 Å². The van der Waals surface area contributed by atoms with Gasteiger partial charge < -0.3 is 19.3 Å². The molecule has 1 N–H and O–H groups in total. The molecule has 0 radical (unpaired) electrons. The summed E-state index contributed by atoms with van der Waals surface area (Å²) in [6.07, 6.45) is 11.1. The van der Waals surface area contributed by atoms with Gasteiger partial charge in [-0.05, 0) is 96.6 Å². The van der Waals surface area contributed by atoms with Crippen LogP contribution in [0.1, 0.15) is 44.9 Å². The third kappa shape index (κ3) is 24.9. The number of aliphatic hydroxyl groups is 1. The summed E-state index contributed by atoms with van der Waals surface area (Å²) in [4.78, 5) is 8.59. The lowest BCUT2D eigenvalue weighted by atomic mass is 10.3. The van der Waals surface area contributed by atoms with Gasteiger partial charge in [0.05, 0.1) is 13.2 Å². The first-order valence-corrected chi connectivity index (χ1v) is 18.5. The second-order valence-corrected chi connectivity index (χ2v) is 13.2. The number of aliphatic hydroxyl groups excluding tert-OH is 1. The molecule has 216 valence electrons. The summed E-state index contributed by atoms with van der Waals surface area (Å²) in [7, 11) is 7.19. The molecule has 0 unspecified atom stereocenters. The van der Waals surface area contributed by atoms with Crippen LogP contribution >= 0.6 is 55.8 Å². The van der Waals surface area contributed by atoms with Gasteiger partial charge in [-0.2, -0.15) is 12.6 Å². The Kier molecular flexibility index (Phi) is 28.2. The standard InChI is InChI=1S/C20H28N2O2S4.C7H16O2S/c1-3-11-21-19(9-1)27-25-17-7-5-13-23-15-16-24-14-6-8-18-26-28-20-10-2-4-12-22-20;8-4-3-6-9-5-1-2-7-10/h1-4,9-12H,5-8,13-18H2;8,10H,1-7H2. The van der Waals surface area contributed by atoms with E-state index in [4.69, 9.17) is 19.3 Å². The van der Waals surface area contributed by atoms with Gasteiger partial charge in [0.15, 0.2) is 0 Å². The fraction of sp³-hybridized carbons (Fsp3) is 0.630. The molecule has 2 rings (SSSR count). The Morgan fingerprint density at radius 2 is 1.08 bits per heavy atom. The lowest BCUT2D eigenvalue weighted by molar-refractivity contribution is 0.0459. The lowest BCUT2D eigenvalue weighted by Crippen LogP contribution is -2.06. The molecule has 0 bridgehead atoms. The summed E-state index contributed by atoms with van der Waals surface area (Å²) < 4.78 is 16.4. The molecule has 0 saturated carbocycles. The number of hydrogen-bond acceptors (Lipinski definition) is 11. The molecule has 0 aliphatic rings. The molecule has 0 aliphatic carbocycles. The molecule has 6 nitrogen and oxygen atoms in total. The van der Waals surface area contributed by atoms with Crippen molar-refractivity contribution in [1.29, 1.82) is 0 Å². The number of thiol groups is 1. The molecule has 2 aromatic heterocycles. The topological polar surface area (TPSA) is 73.7 Å². The molecule has 0 atom stereocenters. The molecule has 0 saturated heterocycles. The summed E-state index contributed by atoms with van der Waals surface area (Å²) >= 11 is 4.07. The number of nitrogens with zero attached hydrogens (tertiary/aromatic N) is 2. The summed E-state index contributed by atoms with van der Waals surface area (Å²) in [5.41, 5.74) is 0. The molecule has 0 aromatic carbocycles. The largest absolute Gasteiger partial charge is 0.396 e. The van der Waals surface area contributed by atoms with Gasteiger partial charge in [-0.1, -0.05) is 33.7 Å². The first kappa shape index (κ1) is 35.9. The Morgan fingerprint density at radius 1 is 0.605 bits per heavy atom. The molecule has 2 aromatic rings. The van der Waals surface area contributed by atoms with Crippen molar-refractivity contribution < 1.29 is 19.3 Å². The Labute approximate surface area is 251 Å². The van der Waals surface area contributed by atoms with Gasteiger partial charge in [0, 0.05) is 56.9 Å². The van der Waals surface area contributed by atoms with Crippen LogP contribution in [-0.2, 0) is 14.2 Å². The van der Waals surface area contributed by atoms with Crippen molar-refractivity contribution in [3.05, 3.63) is 48.8 Å². The third-order valence-corrected chi connectivity index (χ3v) is 9.63. The summed E-state index contributed by atoms with van der Waals surface area (Å²) in [5, 5.41) is 10.5. The number of aromatic nitrogens is 2. The predicted molar refractivity (Wildman–Crippen MR) is 171 cm³/mol. The maximum Gasteiger partial charge on any atom is 0.106 e. The first-order valence-electron chi connectivity index (χ1n) is 13.2. The zero-order valence-corrected chi connectivity index (χ0v) is 26.4. The minimum absolute atomic E-state index is 0.229. The zero-order chi connectivity index (χ0) is 27.2. The van der Waals surface area contributed by atoms with Crippen molar-refractivity contribution in [1.82, 2.24) is 9.97 Å². The highest BCUT2D eigenvalue weighted by molar-refractivity contribution is 8.77. The second-order valence-electron chi connectivity index (χ2n) is 7.91. The SMILES string of the molecule is OCCCOCCCCS.c1ccc(SSCCCCOCCOCCCCSSc2ccccn2)nc1. The molecule has 0 aliphatic heterocycles. The Morgan fingerprint density at radius 3 is 1.53 bits per heavy atom. The van der Waals surface area contributed by atoms with E-state index in [1.165, 1.54) is 12.8 Å². The number of hydrogen-bond donors (Lipinski definition) is 2. The van der Waals surface area contributed by atoms with Crippen LogP contribution in [0.15, 0.2) is 58.8 Å². The van der Waals surface area contributed by atoms with Crippen LogP contribution in [0.25, 0.3) is 0 Å². The Hall–Kier alpha value is -0.110. The monoisotopic (exact) mass is 620 g/mol. The molecule has 0 fully saturated rings. The van der Waals surface area contributed by atoms with Crippen molar-refractivity contribution in [2.24, 2.45) is 0 Å². The van der Waals surface area contributed by atoms with Gasteiger partial charge in [-0.15, -0.1) is 0 Å². The van der Waals surface area contributed by atoms with Crippen LogP contribution in [0.3, 0.4) is 0 Å². The molecule has 2 heterocycles. The van der Waals surface area contributed by atoms with Gasteiger partial charge in [0.1, 0.15) is 10.1 Å². The smallest absolute Gasteiger partial charge is 0.106 e. The summed E-state index contributed by atoms with van der Waals surface area (Å²) in [5.74, 6) is 3.18. The van der Waals surface area contributed by atoms with Crippen molar-refractivity contribution in [3.8, 4) is 0 Å². The number of pyridine rings is 2. The Balaban J connectivity index is 0.000000612. The summed E-state index contributed by atoms with van der Waals surface area (Å²) in [6.45, 7) is 4.75. The first-order chi connectivity index (χ1) is 18.9. The molecular formula is C27H44N2O4S5. The van der Waals surface area contributed by atoms with Crippen LogP contribution < -0.4 is 0 Å². The van der Waals surface area contributed by atoms with Crippen LogP contribution in [0, 0.1) is 0 Å². The normalized spacial score (nSPS) is 10.8. The maximum absolute atomic E-state index is 8.38. The predicted octanol–water partition coefficient (Wildman–Crippen LogP) is 7.35. The average Bonchev–Trinajstić information content (AvgIpc) is 2.96. The highest BCUT2D eigenvalue weighted by Gasteiger charge is 1.97. The van der Waals surface area contributed by atoms with E-state index in [0.717, 1.165) is 79.2 Å². The molecule has 0 amide bonds. The minimum Gasteiger partial charge on any atom is -0.396 e. The Bertz CT molecular complexity index is 662. The van der Waals surface area contributed by atoms with Crippen LogP contribution in [-0.4, -0.2) is 78.6 Å². The van der Waals surface area contributed by atoms with E-state index in [9.17, 15) is 0 Å². The van der Waals surface area contributed by atoms with E-state index < -0.39 is 0 Å². The van der Waals surface area contributed by atoms with Crippen molar-refractivity contribution in [2.45, 2.75) is 55.0 Å². The fourth-order valence-electron chi connectivity index (χ4n) is 2.63. The van der Waals surface area contributed by atoms with Crippen LogP contribution in [0.4, 0.5) is 0 Å². The number of ether oxygens (including phenoxy) is 3. The van der Waals surface area contributed by atoms with E-state index in [-0.39, 0.29) is 6.61 Å². The molecule has 38 heavy (non-hydrogen) atoms. The van der Waals surface area contributed by atoms with Gasteiger partial charge in [-0.3, -0.25) is 0 Å². The third-order valence-electron chi connectivity index (χ3n) is 4.61. The van der Waals surface area contributed by atoms with Crippen LogP contribution in [0.2, 0.25) is 0 Å². The lowest BCUT2D eigenvalue weighted by Gasteiger charge is -2.06. The number of unbranched alkanes of at least 4 members (excludes halogenated alkanes) is 3. The van der Waals surface area contributed by atoms with Crippen LogP contribution in [0.5, 0.6) is 0 Å². The second kappa shape index (κ2) is 29.9. The van der Waals surface area contributed by atoms with E-state index in [2.05, 4.69) is 22.6 Å². The van der Waals surface area contributed by atoms with E-state index in [1.54, 1.807) is 21.6 Å². The number of rotatable bonds is 24. The average molecular weight is 621 g/mol. The van der Waals surface area contributed by atoms with Crippen molar-refractivity contribution in [3.63, 3.8) is 0 Å². The summed E-state index contributed by atoms with van der Waals surface area (Å²) in [6, 6.07) is 12.0. The fourth-order valence-corrected chi connectivity index (χ4v) is 6.91. The van der Waals surface area contributed by atoms with Gasteiger partial charge >= 0.3 is 0 Å². The van der Waals surface area contributed by atoms with E-state index in [0.29, 0.717) is 19.8 Å².